The third-order valence-corrected chi connectivity index (χ3v) is 3.41. The van der Waals surface area contributed by atoms with Gasteiger partial charge in [-0.05, 0) is 19.8 Å². The number of esters is 1. The topological polar surface area (TPSA) is 46.5 Å². The molecule has 0 bridgehead atoms. The number of methoxy groups -OCH3 is 1. The smallest absolute Gasteiger partial charge is 0.314 e. The molecular formula is C11H18O3. The Hall–Kier alpha value is -0.830. The average molecular weight is 198 g/mol. The highest BCUT2D eigenvalue weighted by atomic mass is 16.5. The molecule has 3 heteroatoms. The average Bonchev–Trinajstić information content (AvgIpc) is 2.21. The number of hydrogen-bond donors (Lipinski definition) is 1. The molecule has 0 radical (unpaired) electrons. The Morgan fingerprint density at radius 1 is 1.50 bits per heavy atom. The predicted molar refractivity (Wildman–Crippen MR) is 53.7 cm³/mol. The maximum Gasteiger partial charge on any atom is 0.314 e. The highest BCUT2D eigenvalue weighted by Gasteiger charge is 2.52. The summed E-state index contributed by atoms with van der Waals surface area (Å²) < 4.78 is 4.74. The molecule has 0 aromatic heterocycles. The highest BCUT2D eigenvalue weighted by molar-refractivity contribution is 5.78. The van der Waals surface area contributed by atoms with Crippen LogP contribution in [0, 0.1) is 5.41 Å². The quantitative estimate of drug-likeness (QED) is 0.542. The van der Waals surface area contributed by atoms with Crippen molar-refractivity contribution in [2.24, 2.45) is 5.41 Å². The summed E-state index contributed by atoms with van der Waals surface area (Å²) in [6.45, 7) is 5.36. The molecule has 1 aliphatic carbocycles. The lowest BCUT2D eigenvalue weighted by Gasteiger charge is -2.44. The van der Waals surface area contributed by atoms with Crippen LogP contribution < -0.4 is 0 Å². The second-order valence-corrected chi connectivity index (χ2v) is 4.16. The van der Waals surface area contributed by atoms with Crippen molar-refractivity contribution in [1.29, 1.82) is 0 Å². The Labute approximate surface area is 84.8 Å². The summed E-state index contributed by atoms with van der Waals surface area (Å²) in [4.78, 5) is 11.6. The van der Waals surface area contributed by atoms with Crippen LogP contribution in [0.1, 0.15) is 32.6 Å². The van der Waals surface area contributed by atoms with Crippen molar-refractivity contribution in [2.75, 3.05) is 7.11 Å². The molecule has 1 saturated carbocycles. The lowest BCUT2D eigenvalue weighted by molar-refractivity contribution is -0.170. The van der Waals surface area contributed by atoms with E-state index in [9.17, 15) is 9.90 Å². The van der Waals surface area contributed by atoms with Crippen LogP contribution in [0.15, 0.2) is 12.7 Å². The number of hydrogen-bond acceptors (Lipinski definition) is 3. The van der Waals surface area contributed by atoms with E-state index < -0.39 is 11.0 Å². The molecule has 2 unspecified atom stereocenters. The normalized spacial score (nSPS) is 37.6. The van der Waals surface area contributed by atoms with Gasteiger partial charge < -0.3 is 9.84 Å². The predicted octanol–water partition coefficient (Wildman–Crippen LogP) is 1.66. The minimum atomic E-state index is -1.11. The van der Waals surface area contributed by atoms with Gasteiger partial charge in [0.25, 0.3) is 0 Å². The van der Waals surface area contributed by atoms with E-state index in [1.54, 1.807) is 6.92 Å². The summed E-state index contributed by atoms with van der Waals surface area (Å²) in [5, 5.41) is 10.3. The fourth-order valence-electron chi connectivity index (χ4n) is 2.20. The number of aliphatic hydroxyl groups is 1. The van der Waals surface area contributed by atoms with Crippen molar-refractivity contribution in [3.05, 3.63) is 12.7 Å². The zero-order valence-electron chi connectivity index (χ0n) is 8.88. The Kier molecular flexibility index (Phi) is 3.00. The second-order valence-electron chi connectivity index (χ2n) is 4.16. The molecule has 0 spiro atoms. The number of ether oxygens (including phenoxy) is 1. The van der Waals surface area contributed by atoms with Crippen molar-refractivity contribution >= 4 is 5.97 Å². The standard InChI is InChI=1S/C11H18O3/c1-4-11(13)8-6-5-7-10(11,2)9(12)14-3/h4,13H,1,5-8H2,2-3H3. The van der Waals surface area contributed by atoms with Gasteiger partial charge >= 0.3 is 5.97 Å². The van der Waals surface area contributed by atoms with Crippen molar-refractivity contribution < 1.29 is 14.6 Å². The van der Waals surface area contributed by atoms with Gasteiger partial charge in [-0.3, -0.25) is 4.79 Å². The molecule has 0 aromatic rings. The molecule has 0 aliphatic heterocycles. The second kappa shape index (κ2) is 3.73. The van der Waals surface area contributed by atoms with Crippen LogP contribution in [0.25, 0.3) is 0 Å². The maximum absolute atomic E-state index is 11.6. The Bertz CT molecular complexity index is 249. The van der Waals surface area contributed by atoms with Crippen molar-refractivity contribution in [3.63, 3.8) is 0 Å². The lowest BCUT2D eigenvalue weighted by Crippen LogP contribution is -2.52. The van der Waals surface area contributed by atoms with Gasteiger partial charge in [0.2, 0.25) is 0 Å². The third kappa shape index (κ3) is 1.46. The minimum Gasteiger partial charge on any atom is -0.469 e. The van der Waals surface area contributed by atoms with Crippen molar-refractivity contribution in [1.82, 2.24) is 0 Å². The van der Waals surface area contributed by atoms with Crippen LogP contribution in [0.2, 0.25) is 0 Å². The van der Waals surface area contributed by atoms with Gasteiger partial charge in [0, 0.05) is 0 Å². The molecule has 0 amide bonds. The molecule has 3 nitrogen and oxygen atoms in total. The van der Waals surface area contributed by atoms with Gasteiger partial charge in [0.15, 0.2) is 0 Å². The van der Waals surface area contributed by atoms with Gasteiger partial charge in [-0.2, -0.15) is 0 Å². The van der Waals surface area contributed by atoms with Gasteiger partial charge in [0.1, 0.15) is 0 Å². The monoisotopic (exact) mass is 198 g/mol. The fraction of sp³-hybridized carbons (Fsp3) is 0.727. The van der Waals surface area contributed by atoms with E-state index >= 15 is 0 Å². The maximum atomic E-state index is 11.6. The zero-order chi connectivity index (χ0) is 10.8. The first-order chi connectivity index (χ1) is 6.50. The van der Waals surface area contributed by atoms with Crippen molar-refractivity contribution in [3.8, 4) is 0 Å². The van der Waals surface area contributed by atoms with Crippen LogP contribution in [-0.4, -0.2) is 23.8 Å². The van der Waals surface area contributed by atoms with E-state index in [0.29, 0.717) is 12.8 Å². The highest BCUT2D eigenvalue weighted by Crippen LogP contribution is 2.45. The van der Waals surface area contributed by atoms with Crippen LogP contribution in [0.4, 0.5) is 0 Å². The summed E-state index contributed by atoms with van der Waals surface area (Å²) in [5.41, 5.74) is -1.94. The molecule has 2 atom stereocenters. The van der Waals surface area contributed by atoms with E-state index in [2.05, 4.69) is 6.58 Å². The molecule has 1 N–H and O–H groups in total. The first-order valence-corrected chi connectivity index (χ1v) is 4.94. The number of carbonyl (C=O) groups is 1. The molecule has 0 saturated heterocycles. The third-order valence-electron chi connectivity index (χ3n) is 3.41. The largest absolute Gasteiger partial charge is 0.469 e. The summed E-state index contributed by atoms with van der Waals surface area (Å²) in [6, 6.07) is 0. The molecule has 14 heavy (non-hydrogen) atoms. The van der Waals surface area contributed by atoms with Gasteiger partial charge in [-0.25, -0.2) is 0 Å². The summed E-state index contributed by atoms with van der Waals surface area (Å²) in [7, 11) is 1.35. The zero-order valence-corrected chi connectivity index (χ0v) is 8.88. The molecular weight excluding hydrogens is 180 g/mol. The fourth-order valence-corrected chi connectivity index (χ4v) is 2.20. The van der Waals surface area contributed by atoms with Gasteiger partial charge in [0.05, 0.1) is 18.1 Å². The van der Waals surface area contributed by atoms with E-state index in [-0.39, 0.29) is 5.97 Å². The lowest BCUT2D eigenvalue weighted by atomic mass is 9.64. The van der Waals surface area contributed by atoms with Gasteiger partial charge in [-0.1, -0.05) is 18.9 Å². The van der Waals surface area contributed by atoms with Gasteiger partial charge in [-0.15, -0.1) is 6.58 Å². The Morgan fingerprint density at radius 3 is 2.57 bits per heavy atom. The first-order valence-electron chi connectivity index (χ1n) is 4.94. The molecule has 0 heterocycles. The number of carbonyl (C=O) groups excluding carboxylic acids is 1. The summed E-state index contributed by atoms with van der Waals surface area (Å²) >= 11 is 0. The molecule has 0 aromatic carbocycles. The van der Waals surface area contributed by atoms with Crippen LogP contribution in [0.3, 0.4) is 0 Å². The first kappa shape index (κ1) is 11.2. The van der Waals surface area contributed by atoms with E-state index in [4.69, 9.17) is 4.74 Å². The number of rotatable bonds is 2. The molecule has 1 rings (SSSR count). The molecule has 80 valence electrons. The SMILES string of the molecule is C=CC1(O)CCCCC1(C)C(=O)OC. The summed E-state index contributed by atoms with van der Waals surface area (Å²) in [5.74, 6) is -0.348. The van der Waals surface area contributed by atoms with Crippen LogP contribution in [0.5, 0.6) is 0 Å². The van der Waals surface area contributed by atoms with E-state index in [1.807, 2.05) is 0 Å². The van der Waals surface area contributed by atoms with Crippen LogP contribution in [-0.2, 0) is 9.53 Å². The van der Waals surface area contributed by atoms with E-state index in [0.717, 1.165) is 12.8 Å². The van der Waals surface area contributed by atoms with Crippen molar-refractivity contribution in [2.45, 2.75) is 38.2 Å². The Morgan fingerprint density at radius 2 is 2.07 bits per heavy atom. The Balaban J connectivity index is 3.02. The van der Waals surface area contributed by atoms with Crippen LogP contribution >= 0.6 is 0 Å². The molecule has 1 fully saturated rings. The molecule has 1 aliphatic rings. The summed E-state index contributed by atoms with van der Waals surface area (Å²) in [6.07, 6.45) is 4.59. The van der Waals surface area contributed by atoms with E-state index in [1.165, 1.54) is 13.2 Å². The minimum absolute atomic E-state index is 0.348.